The average molecular weight is 224 g/mol. The third-order valence-electron chi connectivity index (χ3n) is 2.73. The largest absolute Gasteiger partial charge is 0.388 e. The first kappa shape index (κ1) is 9.84. The lowest BCUT2D eigenvalue weighted by Gasteiger charge is -2.00. The van der Waals surface area contributed by atoms with Gasteiger partial charge in [0.05, 0.1) is 17.2 Å². The van der Waals surface area contributed by atoms with Gasteiger partial charge in [0.15, 0.2) is 0 Å². The fourth-order valence-corrected chi connectivity index (χ4v) is 1.79. The zero-order valence-corrected chi connectivity index (χ0v) is 9.44. The van der Waals surface area contributed by atoms with Gasteiger partial charge in [-0.05, 0) is 30.3 Å². The average Bonchev–Trinajstić information content (AvgIpc) is 2.82. The molecule has 0 saturated heterocycles. The number of fused-ring (bicyclic) bond motifs is 1. The van der Waals surface area contributed by atoms with Gasteiger partial charge in [0.1, 0.15) is 5.82 Å². The van der Waals surface area contributed by atoms with Crippen LogP contribution in [0.2, 0.25) is 0 Å². The van der Waals surface area contributed by atoms with Crippen LogP contribution in [0.25, 0.3) is 22.4 Å². The van der Waals surface area contributed by atoms with Gasteiger partial charge in [-0.1, -0.05) is 0 Å². The van der Waals surface area contributed by atoms with Crippen molar-refractivity contribution < 1.29 is 0 Å². The second-order valence-electron chi connectivity index (χ2n) is 3.81. The van der Waals surface area contributed by atoms with E-state index in [2.05, 4.69) is 20.3 Å². The highest BCUT2D eigenvalue weighted by molar-refractivity contribution is 5.78. The predicted octanol–water partition coefficient (Wildman–Crippen LogP) is 2.67. The van der Waals surface area contributed by atoms with Gasteiger partial charge in [-0.25, -0.2) is 4.98 Å². The van der Waals surface area contributed by atoms with Crippen LogP contribution >= 0.6 is 0 Å². The van der Waals surface area contributed by atoms with E-state index in [1.54, 1.807) is 12.4 Å². The molecule has 0 aliphatic heterocycles. The van der Waals surface area contributed by atoms with Crippen LogP contribution in [0, 0.1) is 0 Å². The summed E-state index contributed by atoms with van der Waals surface area (Å²) in [6.07, 6.45) is 3.53. The van der Waals surface area contributed by atoms with Crippen molar-refractivity contribution in [2.45, 2.75) is 0 Å². The lowest BCUT2D eigenvalue weighted by molar-refractivity contribution is 1.32. The zero-order chi connectivity index (χ0) is 11.7. The minimum atomic E-state index is 0.871. The van der Waals surface area contributed by atoms with Crippen LogP contribution in [-0.2, 0) is 0 Å². The van der Waals surface area contributed by atoms with Crippen LogP contribution < -0.4 is 5.32 Å². The van der Waals surface area contributed by atoms with Crippen molar-refractivity contribution in [3.05, 3.63) is 42.7 Å². The van der Waals surface area contributed by atoms with E-state index >= 15 is 0 Å². The maximum Gasteiger partial charge on any atom is 0.138 e. The summed E-state index contributed by atoms with van der Waals surface area (Å²) < 4.78 is 0. The molecule has 0 bridgehead atoms. The molecule has 0 aliphatic rings. The van der Waals surface area contributed by atoms with E-state index in [0.717, 1.165) is 28.1 Å². The number of nitrogens with zero attached hydrogens (tertiary/aromatic N) is 2. The Morgan fingerprint density at radius 2 is 1.94 bits per heavy atom. The Kier molecular flexibility index (Phi) is 2.26. The molecule has 0 fully saturated rings. The summed E-state index contributed by atoms with van der Waals surface area (Å²) in [6, 6.07) is 10.0. The molecule has 2 heterocycles. The highest BCUT2D eigenvalue weighted by atomic mass is 14.9. The molecule has 0 unspecified atom stereocenters. The Bertz CT molecular complexity index is 607. The van der Waals surface area contributed by atoms with Crippen molar-refractivity contribution >= 4 is 16.7 Å². The van der Waals surface area contributed by atoms with Gasteiger partial charge in [-0.3, -0.25) is 4.98 Å². The molecule has 2 aromatic heterocycles. The van der Waals surface area contributed by atoms with Gasteiger partial charge in [-0.15, -0.1) is 0 Å². The van der Waals surface area contributed by atoms with E-state index in [0.29, 0.717) is 0 Å². The normalized spacial score (nSPS) is 10.6. The van der Waals surface area contributed by atoms with Crippen LogP contribution in [0.15, 0.2) is 42.7 Å². The summed E-state index contributed by atoms with van der Waals surface area (Å²) in [5, 5.41) is 3.09. The molecule has 4 heteroatoms. The highest BCUT2D eigenvalue weighted by Crippen LogP contribution is 2.21. The van der Waals surface area contributed by atoms with Gasteiger partial charge in [0.2, 0.25) is 0 Å². The van der Waals surface area contributed by atoms with Crippen LogP contribution in [0.3, 0.4) is 0 Å². The Balaban J connectivity index is 2.07. The van der Waals surface area contributed by atoms with Crippen LogP contribution in [0.1, 0.15) is 0 Å². The summed E-state index contributed by atoms with van der Waals surface area (Å²) in [4.78, 5) is 11.8. The topological polar surface area (TPSA) is 53.6 Å². The minimum Gasteiger partial charge on any atom is -0.388 e. The summed E-state index contributed by atoms with van der Waals surface area (Å²) in [7, 11) is 1.90. The molecular formula is C13H12N4. The summed E-state index contributed by atoms with van der Waals surface area (Å²) >= 11 is 0. The molecule has 17 heavy (non-hydrogen) atoms. The second kappa shape index (κ2) is 3.90. The maximum absolute atomic E-state index is 4.52. The van der Waals surface area contributed by atoms with Crippen LogP contribution in [0.4, 0.5) is 5.69 Å². The third-order valence-corrected chi connectivity index (χ3v) is 2.73. The molecule has 1 aromatic carbocycles. The van der Waals surface area contributed by atoms with Crippen molar-refractivity contribution in [2.24, 2.45) is 0 Å². The first-order valence-corrected chi connectivity index (χ1v) is 5.45. The number of hydrogen-bond acceptors (Lipinski definition) is 3. The van der Waals surface area contributed by atoms with Gasteiger partial charge in [0.25, 0.3) is 0 Å². The minimum absolute atomic E-state index is 0.871. The third kappa shape index (κ3) is 1.73. The maximum atomic E-state index is 4.52. The van der Waals surface area contributed by atoms with Crippen LogP contribution in [0.5, 0.6) is 0 Å². The van der Waals surface area contributed by atoms with E-state index in [4.69, 9.17) is 0 Å². The molecule has 0 saturated carbocycles. The van der Waals surface area contributed by atoms with Gasteiger partial charge in [0, 0.05) is 24.5 Å². The van der Waals surface area contributed by atoms with Crippen molar-refractivity contribution in [1.82, 2.24) is 15.0 Å². The predicted molar refractivity (Wildman–Crippen MR) is 68.9 cm³/mol. The molecule has 84 valence electrons. The number of aromatic nitrogens is 3. The lowest BCUT2D eigenvalue weighted by atomic mass is 10.2. The van der Waals surface area contributed by atoms with E-state index < -0.39 is 0 Å². The smallest absolute Gasteiger partial charge is 0.138 e. The number of pyridine rings is 1. The molecule has 0 aliphatic carbocycles. The van der Waals surface area contributed by atoms with E-state index in [-0.39, 0.29) is 0 Å². The SMILES string of the molecule is CNc1ccc(-c2nc3ccncc3[nH]2)cc1. The summed E-state index contributed by atoms with van der Waals surface area (Å²) in [6.45, 7) is 0. The van der Waals surface area contributed by atoms with Gasteiger partial charge < -0.3 is 10.3 Å². The van der Waals surface area contributed by atoms with Crippen LogP contribution in [-0.4, -0.2) is 22.0 Å². The molecule has 2 N–H and O–H groups in total. The molecule has 3 aromatic rings. The number of nitrogens with one attached hydrogen (secondary N) is 2. The second-order valence-corrected chi connectivity index (χ2v) is 3.81. The van der Waals surface area contributed by atoms with E-state index in [9.17, 15) is 0 Å². The molecule has 0 spiro atoms. The quantitative estimate of drug-likeness (QED) is 0.703. The molecular weight excluding hydrogens is 212 g/mol. The fraction of sp³-hybridized carbons (Fsp3) is 0.0769. The van der Waals surface area contributed by atoms with Gasteiger partial charge in [-0.2, -0.15) is 0 Å². The number of benzene rings is 1. The van der Waals surface area contributed by atoms with Crippen molar-refractivity contribution in [3.63, 3.8) is 0 Å². The van der Waals surface area contributed by atoms with Crippen molar-refractivity contribution in [2.75, 3.05) is 12.4 Å². The number of aromatic amines is 1. The summed E-state index contributed by atoms with van der Waals surface area (Å²) in [5.74, 6) is 0.871. The molecule has 0 amide bonds. The first-order valence-electron chi connectivity index (χ1n) is 5.45. The van der Waals surface area contributed by atoms with E-state index in [1.807, 2.05) is 37.4 Å². The number of imidazole rings is 1. The number of hydrogen-bond donors (Lipinski definition) is 2. The van der Waals surface area contributed by atoms with Crippen molar-refractivity contribution in [3.8, 4) is 11.4 Å². The monoisotopic (exact) mass is 224 g/mol. The standard InChI is InChI=1S/C13H12N4/c1-14-10-4-2-9(3-5-10)13-16-11-6-7-15-8-12(11)17-13/h2-8,14H,1H3,(H,16,17). The Labute approximate surface area is 98.7 Å². The molecule has 0 radical (unpaired) electrons. The molecule has 3 rings (SSSR count). The Morgan fingerprint density at radius 3 is 2.65 bits per heavy atom. The summed E-state index contributed by atoms with van der Waals surface area (Å²) in [5.41, 5.74) is 4.06. The zero-order valence-electron chi connectivity index (χ0n) is 9.44. The Hall–Kier alpha value is -2.36. The molecule has 0 atom stereocenters. The lowest BCUT2D eigenvalue weighted by Crippen LogP contribution is -1.87. The first-order chi connectivity index (χ1) is 8.36. The number of rotatable bonds is 2. The highest BCUT2D eigenvalue weighted by Gasteiger charge is 2.04. The molecule has 4 nitrogen and oxygen atoms in total. The van der Waals surface area contributed by atoms with E-state index in [1.165, 1.54) is 0 Å². The Morgan fingerprint density at radius 1 is 1.12 bits per heavy atom. The number of H-pyrrole nitrogens is 1. The fourth-order valence-electron chi connectivity index (χ4n) is 1.79. The number of anilines is 1. The van der Waals surface area contributed by atoms with Gasteiger partial charge >= 0.3 is 0 Å². The van der Waals surface area contributed by atoms with Crippen molar-refractivity contribution in [1.29, 1.82) is 0 Å².